The Morgan fingerprint density at radius 1 is 1.29 bits per heavy atom. The summed E-state index contributed by atoms with van der Waals surface area (Å²) in [4.78, 5) is 7.36. The van der Waals surface area contributed by atoms with Crippen LogP contribution >= 0.6 is 0 Å². The van der Waals surface area contributed by atoms with Crippen molar-refractivity contribution in [1.29, 1.82) is 0 Å². The smallest absolute Gasteiger partial charge is 0.191 e. The summed E-state index contributed by atoms with van der Waals surface area (Å²) < 4.78 is 1.70. The zero-order valence-corrected chi connectivity index (χ0v) is 19.4. The Morgan fingerprint density at radius 3 is 2.74 bits per heavy atom. The van der Waals surface area contributed by atoms with Crippen LogP contribution < -0.4 is 10.6 Å². The molecule has 0 radical (unpaired) electrons. The maximum atomic E-state index is 10.8. The largest absolute Gasteiger partial charge is 0.383 e. The molecule has 1 aliphatic heterocycles. The fraction of sp³-hybridized carbons (Fsp3) is 0.583. The van der Waals surface area contributed by atoms with Crippen molar-refractivity contribution in [1.82, 2.24) is 25.3 Å². The minimum absolute atomic E-state index is 0.345. The molecule has 0 bridgehead atoms. The summed E-state index contributed by atoms with van der Waals surface area (Å²) in [6, 6.07) is 8.59. The number of aliphatic hydroxyl groups is 1. The molecule has 2 aromatic rings. The molecule has 2 atom stereocenters. The number of hydrogen-bond donors (Lipinski definition) is 3. The molecule has 0 amide bonds. The van der Waals surface area contributed by atoms with Gasteiger partial charge in [0.1, 0.15) is 5.60 Å². The second-order valence-electron chi connectivity index (χ2n) is 8.98. The van der Waals surface area contributed by atoms with E-state index in [0.29, 0.717) is 19.0 Å². The number of benzene rings is 1. The number of likely N-dealkylation sites (tertiary alicyclic amines) is 1. The van der Waals surface area contributed by atoms with Gasteiger partial charge < -0.3 is 15.7 Å². The molecule has 1 aliphatic rings. The van der Waals surface area contributed by atoms with Gasteiger partial charge in [0.05, 0.1) is 19.3 Å². The van der Waals surface area contributed by atoms with Crippen LogP contribution in [0.25, 0.3) is 0 Å². The first-order valence-corrected chi connectivity index (χ1v) is 11.4. The predicted molar refractivity (Wildman–Crippen MR) is 126 cm³/mol. The quantitative estimate of drug-likeness (QED) is 0.447. The van der Waals surface area contributed by atoms with Crippen LogP contribution in [0.4, 0.5) is 0 Å². The van der Waals surface area contributed by atoms with Crippen LogP contribution in [-0.2, 0) is 25.7 Å². The minimum atomic E-state index is -1.03. The third kappa shape index (κ3) is 6.80. The molecule has 1 aromatic carbocycles. The highest BCUT2D eigenvalue weighted by molar-refractivity contribution is 5.79. The lowest BCUT2D eigenvalue weighted by Gasteiger charge is -2.31. The first-order chi connectivity index (χ1) is 14.9. The average Bonchev–Trinajstić information content (AvgIpc) is 3.18. The van der Waals surface area contributed by atoms with Gasteiger partial charge in [-0.1, -0.05) is 31.2 Å². The van der Waals surface area contributed by atoms with E-state index in [9.17, 15) is 5.11 Å². The van der Waals surface area contributed by atoms with Gasteiger partial charge in [0.2, 0.25) is 0 Å². The number of guanidine groups is 1. The summed E-state index contributed by atoms with van der Waals surface area (Å²) in [6.07, 6.45) is 6.16. The molecule has 31 heavy (non-hydrogen) atoms. The number of piperidine rings is 1. The lowest BCUT2D eigenvalue weighted by Crippen LogP contribution is -2.44. The van der Waals surface area contributed by atoms with E-state index in [1.54, 1.807) is 17.8 Å². The second-order valence-corrected chi connectivity index (χ2v) is 8.98. The molecule has 3 N–H and O–H groups in total. The zero-order chi connectivity index (χ0) is 22.3. The van der Waals surface area contributed by atoms with Crippen molar-refractivity contribution in [2.24, 2.45) is 18.0 Å². The van der Waals surface area contributed by atoms with E-state index in [0.717, 1.165) is 24.6 Å². The van der Waals surface area contributed by atoms with Crippen LogP contribution in [0.3, 0.4) is 0 Å². The Bertz CT molecular complexity index is 859. The maximum Gasteiger partial charge on any atom is 0.191 e. The average molecular weight is 427 g/mol. The van der Waals surface area contributed by atoms with Gasteiger partial charge in [-0.2, -0.15) is 5.10 Å². The van der Waals surface area contributed by atoms with Gasteiger partial charge in [0.25, 0.3) is 0 Å². The maximum absolute atomic E-state index is 10.8. The lowest BCUT2D eigenvalue weighted by atomic mass is 9.99. The van der Waals surface area contributed by atoms with Gasteiger partial charge in [-0.15, -0.1) is 0 Å². The Labute approximate surface area is 186 Å². The van der Waals surface area contributed by atoms with Crippen LogP contribution in [-0.4, -0.2) is 51.9 Å². The first kappa shape index (κ1) is 23.3. The fourth-order valence-electron chi connectivity index (χ4n) is 4.10. The van der Waals surface area contributed by atoms with Gasteiger partial charge in [-0.05, 0) is 50.3 Å². The first-order valence-electron chi connectivity index (χ1n) is 11.4. The molecule has 0 saturated carbocycles. The third-order valence-corrected chi connectivity index (χ3v) is 5.93. The van der Waals surface area contributed by atoms with E-state index in [2.05, 4.69) is 51.8 Å². The van der Waals surface area contributed by atoms with E-state index in [1.807, 2.05) is 20.2 Å². The van der Waals surface area contributed by atoms with Crippen molar-refractivity contribution >= 4 is 5.96 Å². The van der Waals surface area contributed by atoms with Crippen molar-refractivity contribution < 1.29 is 5.11 Å². The van der Waals surface area contributed by atoms with E-state index < -0.39 is 5.60 Å². The van der Waals surface area contributed by atoms with Crippen LogP contribution in [0.1, 0.15) is 50.3 Å². The van der Waals surface area contributed by atoms with Gasteiger partial charge >= 0.3 is 0 Å². The Morgan fingerprint density at radius 2 is 2.06 bits per heavy atom. The van der Waals surface area contributed by atoms with Crippen molar-refractivity contribution in [2.45, 2.75) is 52.3 Å². The summed E-state index contributed by atoms with van der Waals surface area (Å²) in [7, 11) is 1.85. The number of hydrogen-bond acceptors (Lipinski definition) is 4. The summed E-state index contributed by atoms with van der Waals surface area (Å²) >= 11 is 0. The highest BCUT2D eigenvalue weighted by Crippen LogP contribution is 2.20. The fourth-order valence-corrected chi connectivity index (χ4v) is 4.10. The topological polar surface area (TPSA) is 77.7 Å². The number of rotatable bonds is 8. The summed E-state index contributed by atoms with van der Waals surface area (Å²) in [5.74, 6) is 1.48. The standard InChI is InChI=1S/C24H38N6O/c1-5-25-23(27-18-24(3,31)22-14-28-29(4)17-22)26-13-20-10-6-7-11-21(20)16-30-12-8-9-19(2)15-30/h6-7,10-11,14,17,19,31H,5,8-9,12-13,15-16,18H2,1-4H3,(H2,25,26,27). The molecular formula is C24H38N6O. The molecule has 2 heterocycles. The molecule has 0 aliphatic carbocycles. The second kappa shape index (κ2) is 10.8. The van der Waals surface area contributed by atoms with Crippen molar-refractivity contribution in [3.05, 3.63) is 53.3 Å². The third-order valence-electron chi connectivity index (χ3n) is 5.93. The van der Waals surface area contributed by atoms with Gasteiger partial charge in [0, 0.05) is 38.4 Å². The molecule has 2 unspecified atom stereocenters. The van der Waals surface area contributed by atoms with Crippen LogP contribution in [0.15, 0.2) is 41.7 Å². The number of nitrogens with one attached hydrogen (secondary N) is 2. The Balaban J connectivity index is 1.65. The molecule has 0 spiro atoms. The van der Waals surface area contributed by atoms with Crippen LogP contribution in [0.2, 0.25) is 0 Å². The van der Waals surface area contributed by atoms with Crippen molar-refractivity contribution in [3.8, 4) is 0 Å². The van der Waals surface area contributed by atoms with E-state index in [-0.39, 0.29) is 0 Å². The molecule has 7 nitrogen and oxygen atoms in total. The van der Waals surface area contributed by atoms with Crippen LogP contribution in [0.5, 0.6) is 0 Å². The number of aliphatic imine (C=N–C) groups is 1. The van der Waals surface area contributed by atoms with E-state index >= 15 is 0 Å². The predicted octanol–water partition coefficient (Wildman–Crippen LogP) is 2.61. The van der Waals surface area contributed by atoms with Gasteiger partial charge in [0.15, 0.2) is 5.96 Å². The number of aromatic nitrogens is 2. The summed E-state index contributed by atoms with van der Waals surface area (Å²) in [5, 5.41) is 21.6. The molecule has 1 aromatic heterocycles. The summed E-state index contributed by atoms with van der Waals surface area (Å²) in [5.41, 5.74) is 2.34. The zero-order valence-electron chi connectivity index (χ0n) is 19.4. The van der Waals surface area contributed by atoms with E-state index in [1.165, 1.54) is 37.1 Å². The highest BCUT2D eigenvalue weighted by Gasteiger charge is 2.25. The molecule has 170 valence electrons. The SMILES string of the molecule is CCNC(=NCc1ccccc1CN1CCCC(C)C1)NCC(C)(O)c1cnn(C)c1. The summed E-state index contributed by atoms with van der Waals surface area (Å²) in [6.45, 7) is 11.2. The normalized spacial score (nSPS) is 19.8. The van der Waals surface area contributed by atoms with Crippen molar-refractivity contribution in [3.63, 3.8) is 0 Å². The molecule has 1 fully saturated rings. The van der Waals surface area contributed by atoms with Gasteiger partial charge in [-0.25, -0.2) is 4.99 Å². The van der Waals surface area contributed by atoms with E-state index in [4.69, 9.17) is 4.99 Å². The highest BCUT2D eigenvalue weighted by atomic mass is 16.3. The van der Waals surface area contributed by atoms with Crippen LogP contribution in [0, 0.1) is 5.92 Å². The Hall–Kier alpha value is -2.38. The lowest BCUT2D eigenvalue weighted by molar-refractivity contribution is 0.0616. The molecular weight excluding hydrogens is 388 g/mol. The Kier molecular flexibility index (Phi) is 8.09. The monoisotopic (exact) mass is 426 g/mol. The molecule has 7 heteroatoms. The van der Waals surface area contributed by atoms with Gasteiger partial charge in [-0.3, -0.25) is 9.58 Å². The molecule has 1 saturated heterocycles. The number of aryl methyl sites for hydroxylation is 1. The minimum Gasteiger partial charge on any atom is -0.383 e. The number of nitrogens with zero attached hydrogens (tertiary/aromatic N) is 4. The van der Waals surface area contributed by atoms with Crippen molar-refractivity contribution in [2.75, 3.05) is 26.2 Å². The molecule has 3 rings (SSSR count).